The van der Waals surface area contributed by atoms with E-state index in [1.807, 2.05) is 18.7 Å². The summed E-state index contributed by atoms with van der Waals surface area (Å²) in [6.07, 6.45) is 3.18. The predicted octanol–water partition coefficient (Wildman–Crippen LogP) is 2.19. The number of rotatable bonds is 2. The van der Waals surface area contributed by atoms with Crippen molar-refractivity contribution in [1.29, 1.82) is 0 Å². The third-order valence-electron chi connectivity index (χ3n) is 4.54. The SMILES string of the molecule is CC(C)CNC(=O)C(=O)N1CC2(C)CC1CC(C)(C)C2. The maximum absolute atomic E-state index is 12.4. The Kier molecular flexibility index (Phi) is 3.87. The molecule has 0 aromatic rings. The Morgan fingerprint density at radius 3 is 2.50 bits per heavy atom. The highest BCUT2D eigenvalue weighted by atomic mass is 16.2. The van der Waals surface area contributed by atoms with Crippen LogP contribution >= 0.6 is 0 Å². The maximum Gasteiger partial charge on any atom is 0.312 e. The number of hydrogen-bond acceptors (Lipinski definition) is 2. The number of fused-ring (bicyclic) bond motifs is 2. The molecule has 4 nitrogen and oxygen atoms in total. The first-order chi connectivity index (χ1) is 9.12. The summed E-state index contributed by atoms with van der Waals surface area (Å²) < 4.78 is 0. The Morgan fingerprint density at radius 1 is 1.25 bits per heavy atom. The van der Waals surface area contributed by atoms with Gasteiger partial charge in [-0.15, -0.1) is 0 Å². The van der Waals surface area contributed by atoms with E-state index in [1.165, 1.54) is 0 Å². The molecule has 2 atom stereocenters. The van der Waals surface area contributed by atoms with Crippen LogP contribution in [0.2, 0.25) is 0 Å². The summed E-state index contributed by atoms with van der Waals surface area (Å²) >= 11 is 0. The molecular weight excluding hydrogens is 252 g/mol. The first-order valence-corrected chi connectivity index (χ1v) is 7.71. The lowest BCUT2D eigenvalue weighted by Gasteiger charge is -2.39. The molecule has 0 spiro atoms. The van der Waals surface area contributed by atoms with Crippen molar-refractivity contribution in [2.45, 2.75) is 59.9 Å². The van der Waals surface area contributed by atoms with Crippen LogP contribution in [0, 0.1) is 16.7 Å². The van der Waals surface area contributed by atoms with Gasteiger partial charge in [0.05, 0.1) is 0 Å². The van der Waals surface area contributed by atoms with E-state index in [9.17, 15) is 9.59 Å². The van der Waals surface area contributed by atoms with Crippen LogP contribution in [0.3, 0.4) is 0 Å². The predicted molar refractivity (Wildman–Crippen MR) is 79.1 cm³/mol. The normalized spacial score (nSPS) is 31.5. The van der Waals surface area contributed by atoms with Crippen molar-refractivity contribution in [3.05, 3.63) is 0 Å². The maximum atomic E-state index is 12.4. The molecule has 0 aromatic heterocycles. The lowest BCUT2D eigenvalue weighted by Crippen LogP contribution is -2.46. The van der Waals surface area contributed by atoms with Crippen molar-refractivity contribution in [1.82, 2.24) is 10.2 Å². The molecule has 1 N–H and O–H groups in total. The Hall–Kier alpha value is -1.06. The second kappa shape index (κ2) is 5.05. The smallest absolute Gasteiger partial charge is 0.312 e. The molecule has 1 heterocycles. The van der Waals surface area contributed by atoms with E-state index in [2.05, 4.69) is 26.1 Å². The van der Waals surface area contributed by atoms with Crippen LogP contribution in [-0.4, -0.2) is 35.8 Å². The largest absolute Gasteiger partial charge is 0.348 e. The Labute approximate surface area is 122 Å². The van der Waals surface area contributed by atoms with Crippen LogP contribution < -0.4 is 5.32 Å². The number of carbonyl (C=O) groups excluding carboxylic acids is 2. The average Bonchev–Trinajstić information content (AvgIpc) is 2.54. The van der Waals surface area contributed by atoms with Gasteiger partial charge in [0.15, 0.2) is 0 Å². The van der Waals surface area contributed by atoms with Crippen molar-refractivity contribution in [2.75, 3.05) is 13.1 Å². The van der Waals surface area contributed by atoms with Gasteiger partial charge in [-0.25, -0.2) is 0 Å². The Morgan fingerprint density at radius 2 is 1.90 bits per heavy atom. The fraction of sp³-hybridized carbons (Fsp3) is 0.875. The zero-order valence-electron chi connectivity index (χ0n) is 13.5. The summed E-state index contributed by atoms with van der Waals surface area (Å²) in [6.45, 7) is 12.1. The minimum absolute atomic E-state index is 0.181. The molecule has 1 aliphatic heterocycles. The van der Waals surface area contributed by atoms with Gasteiger partial charge in [-0.1, -0.05) is 34.6 Å². The molecule has 2 aliphatic rings. The van der Waals surface area contributed by atoms with Gasteiger partial charge in [0.1, 0.15) is 0 Å². The lowest BCUT2D eigenvalue weighted by atomic mass is 9.65. The first-order valence-electron chi connectivity index (χ1n) is 7.71. The van der Waals surface area contributed by atoms with E-state index in [4.69, 9.17) is 0 Å². The molecule has 0 radical (unpaired) electrons. The fourth-order valence-corrected chi connectivity index (χ4v) is 4.20. The highest BCUT2D eigenvalue weighted by Gasteiger charge is 2.51. The van der Waals surface area contributed by atoms with Crippen LogP contribution in [0.25, 0.3) is 0 Å². The zero-order valence-corrected chi connectivity index (χ0v) is 13.5. The molecular formula is C16H28N2O2. The van der Waals surface area contributed by atoms with Crippen molar-refractivity contribution >= 4 is 11.8 Å². The standard InChI is InChI=1S/C16H28N2O2/c1-11(2)8-17-13(19)14(20)18-10-16(5)7-12(18)6-15(3,4)9-16/h11-12H,6-10H2,1-5H3,(H,17,19). The molecule has 20 heavy (non-hydrogen) atoms. The van der Waals surface area contributed by atoms with Gasteiger partial charge in [-0.3, -0.25) is 9.59 Å². The molecule has 1 aliphatic carbocycles. The number of amides is 2. The van der Waals surface area contributed by atoms with Gasteiger partial charge in [-0.05, 0) is 36.0 Å². The summed E-state index contributed by atoms with van der Waals surface area (Å²) in [4.78, 5) is 26.2. The van der Waals surface area contributed by atoms with Gasteiger partial charge in [0, 0.05) is 19.1 Å². The van der Waals surface area contributed by atoms with E-state index < -0.39 is 5.91 Å². The number of likely N-dealkylation sites (tertiary alicyclic amines) is 1. The molecule has 2 unspecified atom stereocenters. The van der Waals surface area contributed by atoms with Crippen molar-refractivity contribution in [3.8, 4) is 0 Å². The second-order valence-corrected chi connectivity index (χ2v) is 8.25. The van der Waals surface area contributed by atoms with Gasteiger partial charge in [-0.2, -0.15) is 0 Å². The van der Waals surface area contributed by atoms with Gasteiger partial charge in [0.2, 0.25) is 0 Å². The minimum Gasteiger partial charge on any atom is -0.348 e. The van der Waals surface area contributed by atoms with Crippen LogP contribution in [-0.2, 0) is 9.59 Å². The number of nitrogens with one attached hydrogen (secondary N) is 1. The summed E-state index contributed by atoms with van der Waals surface area (Å²) in [5, 5.41) is 2.74. The van der Waals surface area contributed by atoms with Crippen LogP contribution in [0.1, 0.15) is 53.9 Å². The first kappa shape index (κ1) is 15.3. The molecule has 2 bridgehead atoms. The highest BCUT2D eigenvalue weighted by molar-refractivity contribution is 6.35. The molecule has 1 saturated carbocycles. The topological polar surface area (TPSA) is 49.4 Å². The van der Waals surface area contributed by atoms with Gasteiger partial charge < -0.3 is 10.2 Å². The number of carbonyl (C=O) groups is 2. The summed E-state index contributed by atoms with van der Waals surface area (Å²) in [5.74, 6) is -0.411. The fourth-order valence-electron chi connectivity index (χ4n) is 4.20. The monoisotopic (exact) mass is 280 g/mol. The van der Waals surface area contributed by atoms with Crippen molar-refractivity contribution in [2.24, 2.45) is 16.7 Å². The minimum atomic E-state index is -0.437. The molecule has 1 saturated heterocycles. The zero-order chi connectivity index (χ0) is 15.1. The summed E-state index contributed by atoms with van der Waals surface area (Å²) in [5.41, 5.74) is 0.446. The quantitative estimate of drug-likeness (QED) is 0.788. The molecule has 4 heteroatoms. The van der Waals surface area contributed by atoms with Crippen molar-refractivity contribution < 1.29 is 9.59 Å². The molecule has 2 rings (SSSR count). The summed E-state index contributed by atoms with van der Waals surface area (Å²) in [7, 11) is 0. The number of nitrogens with zero attached hydrogens (tertiary/aromatic N) is 1. The van der Waals surface area contributed by atoms with Gasteiger partial charge in [0.25, 0.3) is 0 Å². The van der Waals surface area contributed by atoms with E-state index >= 15 is 0 Å². The van der Waals surface area contributed by atoms with Crippen LogP contribution in [0.15, 0.2) is 0 Å². The molecule has 0 aromatic carbocycles. The third kappa shape index (κ3) is 3.15. The van der Waals surface area contributed by atoms with E-state index in [-0.39, 0.29) is 22.8 Å². The highest BCUT2D eigenvalue weighted by Crippen LogP contribution is 2.52. The van der Waals surface area contributed by atoms with E-state index in [0.717, 1.165) is 25.8 Å². The summed E-state index contributed by atoms with van der Waals surface area (Å²) in [6, 6.07) is 0.237. The van der Waals surface area contributed by atoms with Crippen LogP contribution in [0.5, 0.6) is 0 Å². The lowest BCUT2D eigenvalue weighted by molar-refractivity contribution is -0.146. The molecule has 2 amide bonds. The van der Waals surface area contributed by atoms with E-state index in [0.29, 0.717) is 12.5 Å². The van der Waals surface area contributed by atoms with E-state index in [1.54, 1.807) is 0 Å². The van der Waals surface area contributed by atoms with Crippen molar-refractivity contribution in [3.63, 3.8) is 0 Å². The Bertz CT molecular complexity index is 417. The third-order valence-corrected chi connectivity index (χ3v) is 4.54. The molecule has 114 valence electrons. The van der Waals surface area contributed by atoms with Crippen LogP contribution in [0.4, 0.5) is 0 Å². The Balaban J connectivity index is 2.03. The number of hydrogen-bond donors (Lipinski definition) is 1. The van der Waals surface area contributed by atoms with Gasteiger partial charge >= 0.3 is 11.8 Å². The average molecular weight is 280 g/mol. The second-order valence-electron chi connectivity index (χ2n) is 8.25. The molecule has 2 fully saturated rings.